The Hall–Kier alpha value is -2.78. The number of anilines is 2. The Kier molecular flexibility index (Phi) is 13.3. The van der Waals surface area contributed by atoms with E-state index in [1.54, 1.807) is 0 Å². The van der Waals surface area contributed by atoms with Gasteiger partial charge in [0.25, 0.3) is 0 Å². The van der Waals surface area contributed by atoms with Crippen molar-refractivity contribution >= 4 is 22.9 Å². The molecule has 0 amide bonds. The SMILES string of the molecule is CC(CC(=O)c1ccc(N2CCOCC2)cc1)NCCCCCCNC(C)CC(=O)c1ccc(N2CCOCC2)cc1. The highest BCUT2D eigenvalue weighted by molar-refractivity contribution is 5.97. The van der Waals surface area contributed by atoms with Crippen molar-refractivity contribution in [2.75, 3.05) is 75.5 Å². The van der Waals surface area contributed by atoms with Gasteiger partial charge in [0.1, 0.15) is 0 Å². The number of rotatable bonds is 17. The summed E-state index contributed by atoms with van der Waals surface area (Å²) in [7, 11) is 0. The van der Waals surface area contributed by atoms with Crippen LogP contribution in [0.25, 0.3) is 0 Å². The first kappa shape index (κ1) is 32.1. The topological polar surface area (TPSA) is 83.1 Å². The van der Waals surface area contributed by atoms with Gasteiger partial charge in [-0.05, 0) is 88.3 Å². The van der Waals surface area contributed by atoms with Crippen LogP contribution in [-0.2, 0) is 9.47 Å². The predicted molar refractivity (Wildman–Crippen MR) is 170 cm³/mol. The maximum absolute atomic E-state index is 12.7. The van der Waals surface area contributed by atoms with Gasteiger partial charge < -0.3 is 29.9 Å². The minimum atomic E-state index is 0.159. The summed E-state index contributed by atoms with van der Waals surface area (Å²) in [6.07, 6.45) is 5.52. The number of ketones is 2. The molecule has 2 aromatic carbocycles. The Balaban J connectivity index is 1.01. The van der Waals surface area contributed by atoms with E-state index in [4.69, 9.17) is 9.47 Å². The molecule has 0 aliphatic carbocycles. The Morgan fingerprint density at radius 1 is 0.619 bits per heavy atom. The summed E-state index contributed by atoms with van der Waals surface area (Å²) in [5, 5.41) is 7.02. The summed E-state index contributed by atoms with van der Waals surface area (Å²) >= 11 is 0. The van der Waals surface area contributed by atoms with Crippen LogP contribution in [0.1, 0.15) is 73.1 Å². The number of Topliss-reactive ketones (excluding diaryl/α,β-unsaturated/α-hetero) is 2. The quantitative estimate of drug-likeness (QED) is 0.206. The number of ether oxygens (including phenoxy) is 2. The first-order valence-corrected chi connectivity index (χ1v) is 15.9. The normalized spacial score (nSPS) is 17.2. The van der Waals surface area contributed by atoms with Gasteiger partial charge in [0.05, 0.1) is 26.4 Å². The molecule has 8 heteroatoms. The van der Waals surface area contributed by atoms with Gasteiger partial charge in [-0.1, -0.05) is 12.8 Å². The lowest BCUT2D eigenvalue weighted by Gasteiger charge is -2.28. The van der Waals surface area contributed by atoms with E-state index in [0.29, 0.717) is 12.8 Å². The lowest BCUT2D eigenvalue weighted by Crippen LogP contribution is -2.36. The molecule has 0 spiro atoms. The van der Waals surface area contributed by atoms with Gasteiger partial charge in [-0.2, -0.15) is 0 Å². The van der Waals surface area contributed by atoms with Gasteiger partial charge in [0.2, 0.25) is 0 Å². The summed E-state index contributed by atoms with van der Waals surface area (Å²) in [5.74, 6) is 0.374. The van der Waals surface area contributed by atoms with E-state index in [9.17, 15) is 9.59 Å². The highest BCUT2D eigenvalue weighted by Crippen LogP contribution is 2.19. The third-order valence-electron chi connectivity index (χ3n) is 8.20. The molecule has 2 N–H and O–H groups in total. The molecule has 2 fully saturated rings. The zero-order valence-corrected chi connectivity index (χ0v) is 25.6. The number of morpholine rings is 2. The number of benzene rings is 2. The zero-order valence-electron chi connectivity index (χ0n) is 25.6. The largest absolute Gasteiger partial charge is 0.378 e. The van der Waals surface area contributed by atoms with E-state index in [1.807, 2.05) is 24.3 Å². The molecule has 230 valence electrons. The number of hydrogen-bond acceptors (Lipinski definition) is 8. The standard InChI is InChI=1S/C34H50N4O4/c1-27(25-33(39)29-7-11-31(12-8-29)37-17-21-41-22-18-37)35-15-5-3-4-6-16-36-28(2)26-34(40)30-9-13-32(14-10-30)38-19-23-42-24-20-38/h7-14,27-28,35-36H,3-6,15-26H2,1-2H3. The Labute approximate surface area is 252 Å². The van der Waals surface area contributed by atoms with Crippen LogP contribution in [0.15, 0.2) is 48.5 Å². The third kappa shape index (κ3) is 10.5. The molecule has 2 unspecified atom stereocenters. The average Bonchev–Trinajstić information content (AvgIpc) is 3.03. The monoisotopic (exact) mass is 578 g/mol. The molecule has 42 heavy (non-hydrogen) atoms. The molecule has 2 aromatic rings. The van der Waals surface area contributed by atoms with Gasteiger partial charge >= 0.3 is 0 Å². The van der Waals surface area contributed by atoms with E-state index < -0.39 is 0 Å². The molecule has 2 saturated heterocycles. The molecule has 2 heterocycles. The molecule has 2 atom stereocenters. The van der Waals surface area contributed by atoms with Crippen molar-refractivity contribution in [3.8, 4) is 0 Å². The van der Waals surface area contributed by atoms with Gasteiger partial charge in [-0.3, -0.25) is 9.59 Å². The Morgan fingerprint density at radius 2 is 0.976 bits per heavy atom. The van der Waals surface area contributed by atoms with Crippen molar-refractivity contribution in [3.05, 3.63) is 59.7 Å². The number of nitrogens with one attached hydrogen (secondary N) is 2. The second-order valence-electron chi connectivity index (χ2n) is 11.7. The number of hydrogen-bond donors (Lipinski definition) is 2. The molecule has 0 radical (unpaired) electrons. The van der Waals surface area contributed by atoms with Crippen molar-refractivity contribution in [1.82, 2.24) is 10.6 Å². The van der Waals surface area contributed by atoms with Crippen molar-refractivity contribution in [2.45, 2.75) is 64.5 Å². The lowest BCUT2D eigenvalue weighted by atomic mass is 10.0. The van der Waals surface area contributed by atoms with Gasteiger partial charge in [-0.15, -0.1) is 0 Å². The minimum absolute atomic E-state index is 0.159. The second kappa shape index (κ2) is 17.4. The van der Waals surface area contributed by atoms with Gasteiger partial charge in [-0.25, -0.2) is 0 Å². The van der Waals surface area contributed by atoms with E-state index in [2.05, 4.69) is 58.5 Å². The van der Waals surface area contributed by atoms with Crippen molar-refractivity contribution in [2.24, 2.45) is 0 Å². The number of carbonyl (C=O) groups excluding carboxylic acids is 2. The molecular weight excluding hydrogens is 528 g/mol. The summed E-state index contributed by atoms with van der Waals surface area (Å²) in [4.78, 5) is 30.0. The van der Waals surface area contributed by atoms with Crippen molar-refractivity contribution in [1.29, 1.82) is 0 Å². The van der Waals surface area contributed by atoms with E-state index in [0.717, 1.165) is 114 Å². The average molecular weight is 579 g/mol. The lowest BCUT2D eigenvalue weighted by molar-refractivity contribution is 0.0963. The van der Waals surface area contributed by atoms with Crippen LogP contribution in [0, 0.1) is 0 Å². The maximum Gasteiger partial charge on any atom is 0.164 e. The van der Waals surface area contributed by atoms with Crippen LogP contribution in [0.5, 0.6) is 0 Å². The molecule has 0 bridgehead atoms. The van der Waals surface area contributed by atoms with Crippen LogP contribution < -0.4 is 20.4 Å². The second-order valence-corrected chi connectivity index (χ2v) is 11.7. The van der Waals surface area contributed by atoms with Crippen LogP contribution >= 0.6 is 0 Å². The molecule has 4 rings (SSSR count). The fraction of sp³-hybridized carbons (Fsp3) is 0.588. The number of carbonyl (C=O) groups is 2. The van der Waals surface area contributed by atoms with Crippen molar-refractivity contribution in [3.63, 3.8) is 0 Å². The minimum Gasteiger partial charge on any atom is -0.378 e. The van der Waals surface area contributed by atoms with Crippen LogP contribution in [0.3, 0.4) is 0 Å². The Bertz CT molecular complexity index is 992. The summed E-state index contributed by atoms with van der Waals surface area (Å²) in [6.45, 7) is 12.7. The molecule has 0 aromatic heterocycles. The van der Waals surface area contributed by atoms with Crippen LogP contribution in [-0.4, -0.2) is 89.3 Å². The van der Waals surface area contributed by atoms with E-state index >= 15 is 0 Å². The van der Waals surface area contributed by atoms with Crippen molar-refractivity contribution < 1.29 is 19.1 Å². The maximum atomic E-state index is 12.7. The molecular formula is C34H50N4O4. The predicted octanol–water partition coefficient (Wildman–Crippen LogP) is 4.72. The summed E-state index contributed by atoms with van der Waals surface area (Å²) < 4.78 is 10.8. The highest BCUT2D eigenvalue weighted by atomic mass is 16.5. The molecule has 2 aliphatic heterocycles. The fourth-order valence-corrected chi connectivity index (χ4v) is 5.60. The van der Waals surface area contributed by atoms with E-state index in [-0.39, 0.29) is 23.7 Å². The van der Waals surface area contributed by atoms with Gasteiger partial charge in [0, 0.05) is 73.6 Å². The summed E-state index contributed by atoms with van der Waals surface area (Å²) in [6, 6.07) is 16.3. The highest BCUT2D eigenvalue weighted by Gasteiger charge is 2.15. The molecule has 2 aliphatic rings. The third-order valence-corrected chi connectivity index (χ3v) is 8.20. The molecule has 8 nitrogen and oxygen atoms in total. The smallest absolute Gasteiger partial charge is 0.164 e. The molecule has 0 saturated carbocycles. The number of unbranched alkanes of at least 4 members (excludes halogenated alkanes) is 3. The fourth-order valence-electron chi connectivity index (χ4n) is 5.60. The van der Waals surface area contributed by atoms with Crippen LogP contribution in [0.2, 0.25) is 0 Å². The zero-order chi connectivity index (χ0) is 29.6. The first-order chi connectivity index (χ1) is 20.5. The number of nitrogens with zero attached hydrogens (tertiary/aromatic N) is 2. The summed E-state index contributed by atoms with van der Waals surface area (Å²) in [5.41, 5.74) is 3.88. The van der Waals surface area contributed by atoms with Crippen LogP contribution in [0.4, 0.5) is 11.4 Å². The first-order valence-electron chi connectivity index (χ1n) is 15.9. The van der Waals surface area contributed by atoms with Gasteiger partial charge in [0.15, 0.2) is 11.6 Å². The Morgan fingerprint density at radius 3 is 1.33 bits per heavy atom. The van der Waals surface area contributed by atoms with E-state index in [1.165, 1.54) is 0 Å².